The van der Waals surface area contributed by atoms with Crippen LogP contribution in [0.15, 0.2) is 12.3 Å². The summed E-state index contributed by atoms with van der Waals surface area (Å²) in [4.78, 5) is 4.07. The van der Waals surface area contributed by atoms with Crippen molar-refractivity contribution in [3.63, 3.8) is 0 Å². The van der Waals surface area contributed by atoms with Gasteiger partial charge in [-0.3, -0.25) is 4.98 Å². The number of nitrogens with zero attached hydrogens (tertiary/aromatic N) is 1. The van der Waals surface area contributed by atoms with E-state index in [1.807, 2.05) is 13.0 Å². The van der Waals surface area contributed by atoms with Crippen molar-refractivity contribution in [1.29, 1.82) is 0 Å². The number of hydrogen-bond acceptors (Lipinski definition) is 4. The molecule has 0 fully saturated rings. The average molecular weight is 151 g/mol. The third kappa shape index (κ3) is 1.01. The first-order valence-electron chi connectivity index (χ1n) is 3.43. The summed E-state index contributed by atoms with van der Waals surface area (Å²) in [7, 11) is 0. The van der Waals surface area contributed by atoms with Crippen LogP contribution < -0.4 is 10.6 Å². The van der Waals surface area contributed by atoms with Crippen molar-refractivity contribution >= 4 is 11.4 Å². The number of aliphatic hydroxyl groups excluding tert-OH is 1. The summed E-state index contributed by atoms with van der Waals surface area (Å²) in [5, 5.41) is 14.7. The number of aryl methyl sites for hydroxylation is 1. The minimum Gasteiger partial charge on any atom is -0.357 e. The van der Waals surface area contributed by atoms with E-state index < -0.39 is 6.35 Å². The molecule has 0 amide bonds. The lowest BCUT2D eigenvalue weighted by Crippen LogP contribution is -2.20. The van der Waals surface area contributed by atoms with Crippen LogP contribution in [0.1, 0.15) is 5.69 Å². The topological polar surface area (TPSA) is 57.2 Å². The van der Waals surface area contributed by atoms with Gasteiger partial charge in [0.25, 0.3) is 0 Å². The third-order valence-corrected chi connectivity index (χ3v) is 1.63. The Kier molecular flexibility index (Phi) is 1.22. The van der Waals surface area contributed by atoms with Gasteiger partial charge in [-0.25, -0.2) is 0 Å². The maximum atomic E-state index is 9.09. The number of rotatable bonds is 0. The van der Waals surface area contributed by atoms with Gasteiger partial charge in [-0.05, 0) is 13.0 Å². The monoisotopic (exact) mass is 151 g/mol. The van der Waals surface area contributed by atoms with E-state index in [0.29, 0.717) is 0 Å². The highest BCUT2D eigenvalue weighted by molar-refractivity contribution is 5.72. The average Bonchev–Trinajstić information content (AvgIpc) is 2.27. The fourth-order valence-corrected chi connectivity index (χ4v) is 1.12. The number of fused-ring (bicyclic) bond motifs is 1. The molecule has 0 radical (unpaired) electrons. The lowest BCUT2D eigenvalue weighted by Gasteiger charge is -2.00. The van der Waals surface area contributed by atoms with Crippen molar-refractivity contribution < 1.29 is 5.11 Å². The van der Waals surface area contributed by atoms with Crippen molar-refractivity contribution in [2.45, 2.75) is 13.3 Å². The molecule has 4 heteroatoms. The van der Waals surface area contributed by atoms with Gasteiger partial charge in [-0.1, -0.05) is 0 Å². The molecule has 3 N–H and O–H groups in total. The van der Waals surface area contributed by atoms with Gasteiger partial charge in [-0.15, -0.1) is 0 Å². The van der Waals surface area contributed by atoms with E-state index >= 15 is 0 Å². The predicted molar refractivity (Wildman–Crippen MR) is 42.2 cm³/mol. The maximum Gasteiger partial charge on any atom is 0.203 e. The fraction of sp³-hybridized carbons (Fsp3) is 0.286. The molecule has 1 unspecified atom stereocenters. The molecule has 0 spiro atoms. The zero-order valence-electron chi connectivity index (χ0n) is 6.13. The normalized spacial score (nSPS) is 20.4. The van der Waals surface area contributed by atoms with Crippen molar-refractivity contribution in [3.05, 3.63) is 18.0 Å². The minimum atomic E-state index is -0.673. The summed E-state index contributed by atoms with van der Waals surface area (Å²) in [5.74, 6) is 0. The Hall–Kier alpha value is -1.29. The van der Waals surface area contributed by atoms with Crippen LogP contribution in [0.25, 0.3) is 0 Å². The highest BCUT2D eigenvalue weighted by Crippen LogP contribution is 2.26. The van der Waals surface area contributed by atoms with E-state index in [1.165, 1.54) is 0 Å². The Morgan fingerprint density at radius 2 is 2.18 bits per heavy atom. The highest BCUT2D eigenvalue weighted by atomic mass is 16.3. The van der Waals surface area contributed by atoms with E-state index in [9.17, 15) is 0 Å². The quantitative estimate of drug-likeness (QED) is 0.505. The molecule has 0 saturated carbocycles. The molecule has 1 aliphatic heterocycles. The van der Waals surface area contributed by atoms with E-state index in [-0.39, 0.29) is 0 Å². The molecular weight excluding hydrogens is 142 g/mol. The summed E-state index contributed by atoms with van der Waals surface area (Å²) in [6, 6.07) is 1.89. The van der Waals surface area contributed by atoms with Crippen molar-refractivity contribution in [3.8, 4) is 0 Å². The molecule has 2 heterocycles. The molecule has 1 atom stereocenters. The Balaban J connectivity index is 2.43. The first-order valence-corrected chi connectivity index (χ1v) is 3.43. The van der Waals surface area contributed by atoms with Gasteiger partial charge in [0.1, 0.15) is 0 Å². The molecule has 1 aliphatic rings. The Bertz CT molecular complexity index is 287. The van der Waals surface area contributed by atoms with Crippen molar-refractivity contribution in [2.75, 3.05) is 10.6 Å². The van der Waals surface area contributed by atoms with Gasteiger partial charge in [0, 0.05) is 5.69 Å². The second kappa shape index (κ2) is 2.10. The second-order valence-electron chi connectivity index (χ2n) is 2.56. The first kappa shape index (κ1) is 6.42. The van der Waals surface area contributed by atoms with Crippen LogP contribution in [0.3, 0.4) is 0 Å². The van der Waals surface area contributed by atoms with Gasteiger partial charge >= 0.3 is 0 Å². The Labute approximate surface area is 64.3 Å². The van der Waals surface area contributed by atoms with Crippen molar-refractivity contribution in [2.24, 2.45) is 0 Å². The molecule has 58 valence electrons. The number of hydrogen-bond donors (Lipinski definition) is 3. The van der Waals surface area contributed by atoms with Crippen LogP contribution in [0.4, 0.5) is 11.4 Å². The number of pyridine rings is 1. The minimum absolute atomic E-state index is 0.673. The summed E-state index contributed by atoms with van der Waals surface area (Å²) < 4.78 is 0. The van der Waals surface area contributed by atoms with Gasteiger partial charge in [0.05, 0.1) is 17.6 Å². The van der Waals surface area contributed by atoms with E-state index in [2.05, 4.69) is 15.6 Å². The van der Waals surface area contributed by atoms with Gasteiger partial charge in [-0.2, -0.15) is 0 Å². The molecular formula is C7H9N3O. The second-order valence-corrected chi connectivity index (χ2v) is 2.56. The number of nitrogens with one attached hydrogen (secondary N) is 2. The summed E-state index contributed by atoms with van der Waals surface area (Å²) in [5.41, 5.74) is 2.69. The molecule has 0 saturated heterocycles. The highest BCUT2D eigenvalue weighted by Gasteiger charge is 2.16. The number of aromatic nitrogens is 1. The molecule has 11 heavy (non-hydrogen) atoms. The third-order valence-electron chi connectivity index (χ3n) is 1.63. The molecule has 0 bridgehead atoms. The molecule has 4 nitrogen and oxygen atoms in total. The van der Waals surface area contributed by atoms with Gasteiger partial charge < -0.3 is 15.7 Å². The standard InChI is InChI=1S/C7H9N3O/c1-4-2-5-6(3-8-4)10-7(11)9-5/h2-3,7,9-11H,1H3. The molecule has 1 aromatic heterocycles. The van der Waals surface area contributed by atoms with Crippen LogP contribution in [-0.4, -0.2) is 16.4 Å². The Morgan fingerprint density at radius 3 is 3.00 bits per heavy atom. The SMILES string of the molecule is Cc1cc2c(cn1)NC(O)N2. The maximum absolute atomic E-state index is 9.09. The Morgan fingerprint density at radius 1 is 1.45 bits per heavy atom. The van der Waals surface area contributed by atoms with Crippen LogP contribution in [0.2, 0.25) is 0 Å². The van der Waals surface area contributed by atoms with Gasteiger partial charge in [0.2, 0.25) is 6.35 Å². The zero-order valence-corrected chi connectivity index (χ0v) is 6.13. The van der Waals surface area contributed by atoms with Crippen LogP contribution in [0, 0.1) is 6.92 Å². The predicted octanol–water partition coefficient (Wildman–Crippen LogP) is 0.503. The first-order chi connectivity index (χ1) is 5.25. The fourth-order valence-electron chi connectivity index (χ4n) is 1.12. The summed E-state index contributed by atoms with van der Waals surface area (Å²) >= 11 is 0. The molecule has 0 aliphatic carbocycles. The number of aliphatic hydroxyl groups is 1. The smallest absolute Gasteiger partial charge is 0.203 e. The van der Waals surface area contributed by atoms with Crippen molar-refractivity contribution in [1.82, 2.24) is 4.98 Å². The number of anilines is 2. The largest absolute Gasteiger partial charge is 0.357 e. The van der Waals surface area contributed by atoms with E-state index in [0.717, 1.165) is 17.1 Å². The van der Waals surface area contributed by atoms with E-state index in [4.69, 9.17) is 5.11 Å². The van der Waals surface area contributed by atoms with Gasteiger partial charge in [0.15, 0.2) is 0 Å². The van der Waals surface area contributed by atoms with Crippen LogP contribution in [-0.2, 0) is 0 Å². The lowest BCUT2D eigenvalue weighted by molar-refractivity contribution is 0.238. The zero-order chi connectivity index (χ0) is 7.84. The molecule has 0 aromatic carbocycles. The molecule has 2 rings (SSSR count). The van der Waals surface area contributed by atoms with E-state index in [1.54, 1.807) is 6.20 Å². The summed E-state index contributed by atoms with van der Waals surface area (Å²) in [6.45, 7) is 1.91. The summed E-state index contributed by atoms with van der Waals surface area (Å²) in [6.07, 6.45) is 1.03. The van der Waals surface area contributed by atoms with Crippen LogP contribution >= 0.6 is 0 Å². The van der Waals surface area contributed by atoms with Crippen LogP contribution in [0.5, 0.6) is 0 Å². The molecule has 1 aromatic rings. The lowest BCUT2D eigenvalue weighted by atomic mass is 10.3.